The van der Waals surface area contributed by atoms with Crippen LogP contribution in [0.1, 0.15) is 5.56 Å². The van der Waals surface area contributed by atoms with Gasteiger partial charge >= 0.3 is 0 Å². The third-order valence-electron chi connectivity index (χ3n) is 4.22. The van der Waals surface area contributed by atoms with E-state index < -0.39 is 0 Å². The van der Waals surface area contributed by atoms with Gasteiger partial charge in [0, 0.05) is 31.1 Å². The highest BCUT2D eigenvalue weighted by atomic mass is 32.1. The van der Waals surface area contributed by atoms with Crippen molar-refractivity contribution in [3.05, 3.63) is 48.2 Å². The van der Waals surface area contributed by atoms with E-state index in [-0.39, 0.29) is 0 Å². The van der Waals surface area contributed by atoms with Gasteiger partial charge in [-0.3, -0.25) is 5.10 Å². The molecule has 134 valence electrons. The summed E-state index contributed by atoms with van der Waals surface area (Å²) in [5.74, 6) is 2.86. The van der Waals surface area contributed by atoms with Crippen molar-refractivity contribution in [2.24, 2.45) is 0 Å². The van der Waals surface area contributed by atoms with Gasteiger partial charge in [0.2, 0.25) is 5.95 Å². The van der Waals surface area contributed by atoms with Gasteiger partial charge in [0.15, 0.2) is 5.82 Å². The molecular formula is C18H20N6OS. The molecule has 0 aliphatic carbocycles. The molecule has 26 heavy (non-hydrogen) atoms. The SMILES string of the molecule is SCc1ccc(-c2cc(Nc3ccnc(N4CCOCC4)n3)n[nH]2)cc1. The highest BCUT2D eigenvalue weighted by Gasteiger charge is 2.14. The molecule has 1 aliphatic rings. The number of H-pyrrole nitrogens is 1. The maximum atomic E-state index is 5.38. The number of hydrogen-bond donors (Lipinski definition) is 3. The number of rotatable bonds is 5. The summed E-state index contributed by atoms with van der Waals surface area (Å²) in [6, 6.07) is 12.0. The van der Waals surface area contributed by atoms with Crippen molar-refractivity contribution >= 4 is 30.2 Å². The fraction of sp³-hybridized carbons (Fsp3) is 0.278. The van der Waals surface area contributed by atoms with Crippen molar-refractivity contribution in [2.75, 3.05) is 36.5 Å². The van der Waals surface area contributed by atoms with E-state index in [1.54, 1.807) is 6.20 Å². The Morgan fingerprint density at radius 2 is 1.92 bits per heavy atom. The molecule has 1 aliphatic heterocycles. The van der Waals surface area contributed by atoms with E-state index in [0.29, 0.717) is 30.8 Å². The van der Waals surface area contributed by atoms with Crippen LogP contribution in [0.3, 0.4) is 0 Å². The molecule has 1 fully saturated rings. The van der Waals surface area contributed by atoms with Gasteiger partial charge in [0.1, 0.15) is 5.82 Å². The average Bonchev–Trinajstić information content (AvgIpc) is 3.17. The Hall–Kier alpha value is -2.58. The smallest absolute Gasteiger partial charge is 0.227 e. The molecule has 2 aromatic heterocycles. The van der Waals surface area contributed by atoms with Crippen LogP contribution in [0.15, 0.2) is 42.6 Å². The summed E-state index contributed by atoms with van der Waals surface area (Å²) in [7, 11) is 0. The van der Waals surface area contributed by atoms with Crippen LogP contribution in [-0.4, -0.2) is 46.5 Å². The molecule has 1 aromatic carbocycles. The zero-order valence-corrected chi connectivity index (χ0v) is 15.1. The fourth-order valence-corrected chi connectivity index (χ4v) is 3.00. The minimum Gasteiger partial charge on any atom is -0.378 e. The molecule has 3 aromatic rings. The van der Waals surface area contributed by atoms with Gasteiger partial charge < -0.3 is 15.0 Å². The topological polar surface area (TPSA) is 79.0 Å². The van der Waals surface area contributed by atoms with Crippen LogP contribution in [0, 0.1) is 0 Å². The number of ether oxygens (including phenoxy) is 1. The number of nitrogens with one attached hydrogen (secondary N) is 2. The minimum absolute atomic E-state index is 0.704. The van der Waals surface area contributed by atoms with E-state index in [4.69, 9.17) is 4.74 Å². The molecule has 0 unspecified atom stereocenters. The number of hydrogen-bond acceptors (Lipinski definition) is 7. The Labute approximate surface area is 157 Å². The number of benzene rings is 1. The van der Waals surface area contributed by atoms with Gasteiger partial charge in [-0.25, -0.2) is 4.98 Å². The highest BCUT2D eigenvalue weighted by Crippen LogP contribution is 2.23. The van der Waals surface area contributed by atoms with Gasteiger partial charge in [-0.05, 0) is 17.2 Å². The largest absolute Gasteiger partial charge is 0.378 e. The number of aromatic nitrogens is 4. The zero-order valence-electron chi connectivity index (χ0n) is 14.2. The lowest BCUT2D eigenvalue weighted by Gasteiger charge is -2.26. The van der Waals surface area contributed by atoms with Gasteiger partial charge in [0.05, 0.1) is 18.9 Å². The molecule has 4 rings (SSSR count). The first-order chi connectivity index (χ1) is 12.8. The normalized spacial score (nSPS) is 14.4. The molecule has 7 nitrogen and oxygen atoms in total. The minimum atomic E-state index is 0.704. The van der Waals surface area contributed by atoms with Crippen molar-refractivity contribution in [2.45, 2.75) is 5.75 Å². The third kappa shape index (κ3) is 3.81. The number of morpholine rings is 1. The Kier molecular flexibility index (Phi) is 5.03. The first-order valence-electron chi connectivity index (χ1n) is 8.50. The Morgan fingerprint density at radius 3 is 2.69 bits per heavy atom. The molecule has 0 saturated carbocycles. The van der Waals surface area contributed by atoms with Crippen LogP contribution in [0.25, 0.3) is 11.3 Å². The van der Waals surface area contributed by atoms with Crippen LogP contribution in [-0.2, 0) is 10.5 Å². The number of anilines is 3. The zero-order chi connectivity index (χ0) is 17.8. The van der Waals surface area contributed by atoms with Gasteiger partial charge in [-0.1, -0.05) is 24.3 Å². The van der Waals surface area contributed by atoms with E-state index >= 15 is 0 Å². The quantitative estimate of drug-likeness (QED) is 0.601. The van der Waals surface area contributed by atoms with Crippen molar-refractivity contribution in [1.29, 1.82) is 0 Å². The summed E-state index contributed by atoms with van der Waals surface area (Å²) in [5, 5.41) is 10.6. The second kappa shape index (κ2) is 7.76. The van der Waals surface area contributed by atoms with E-state index in [0.717, 1.165) is 30.1 Å². The molecule has 0 radical (unpaired) electrons. The first-order valence-corrected chi connectivity index (χ1v) is 9.13. The van der Waals surface area contributed by atoms with Crippen molar-refractivity contribution in [1.82, 2.24) is 20.2 Å². The Morgan fingerprint density at radius 1 is 1.12 bits per heavy atom. The van der Waals surface area contributed by atoms with Crippen LogP contribution in [0.5, 0.6) is 0 Å². The lowest BCUT2D eigenvalue weighted by atomic mass is 10.1. The maximum Gasteiger partial charge on any atom is 0.227 e. The lowest BCUT2D eigenvalue weighted by Crippen LogP contribution is -2.37. The van der Waals surface area contributed by atoms with Gasteiger partial charge in [-0.15, -0.1) is 0 Å². The maximum absolute atomic E-state index is 5.38. The molecular weight excluding hydrogens is 348 g/mol. The van der Waals surface area contributed by atoms with Crippen molar-refractivity contribution in [3.63, 3.8) is 0 Å². The average molecular weight is 368 g/mol. The fourth-order valence-electron chi connectivity index (χ4n) is 2.79. The molecule has 2 N–H and O–H groups in total. The molecule has 0 amide bonds. The molecule has 3 heterocycles. The van der Waals surface area contributed by atoms with E-state index in [2.05, 4.69) is 67.3 Å². The standard InChI is InChI=1S/C18H20N6OS/c26-12-13-1-3-14(4-2-13)15-11-17(23-22-15)20-16-5-6-19-18(21-16)24-7-9-25-10-8-24/h1-6,11,26H,7-10,12H2,(H2,19,20,21,22,23). The highest BCUT2D eigenvalue weighted by molar-refractivity contribution is 7.79. The number of thiol groups is 1. The predicted molar refractivity (Wildman–Crippen MR) is 105 cm³/mol. The summed E-state index contributed by atoms with van der Waals surface area (Å²) in [6.45, 7) is 3.02. The predicted octanol–water partition coefficient (Wildman–Crippen LogP) is 2.88. The monoisotopic (exact) mass is 368 g/mol. The van der Waals surface area contributed by atoms with E-state index in [1.807, 2.05) is 12.1 Å². The summed E-state index contributed by atoms with van der Waals surface area (Å²) in [5.41, 5.74) is 3.21. The van der Waals surface area contributed by atoms with Crippen LogP contribution < -0.4 is 10.2 Å². The van der Waals surface area contributed by atoms with E-state index in [9.17, 15) is 0 Å². The van der Waals surface area contributed by atoms with Crippen molar-refractivity contribution in [3.8, 4) is 11.3 Å². The second-order valence-corrected chi connectivity index (χ2v) is 6.30. The molecule has 0 atom stereocenters. The Balaban J connectivity index is 1.48. The molecule has 8 heteroatoms. The molecule has 0 spiro atoms. The Bertz CT molecular complexity index is 860. The number of aromatic amines is 1. The number of nitrogens with zero attached hydrogens (tertiary/aromatic N) is 4. The lowest BCUT2D eigenvalue weighted by molar-refractivity contribution is 0.122. The van der Waals surface area contributed by atoms with Crippen LogP contribution in [0.4, 0.5) is 17.6 Å². The van der Waals surface area contributed by atoms with Crippen LogP contribution in [0.2, 0.25) is 0 Å². The third-order valence-corrected chi connectivity index (χ3v) is 4.58. The summed E-state index contributed by atoms with van der Waals surface area (Å²) >= 11 is 4.29. The van der Waals surface area contributed by atoms with E-state index in [1.165, 1.54) is 5.56 Å². The summed E-state index contributed by atoms with van der Waals surface area (Å²) in [6.07, 6.45) is 1.75. The summed E-state index contributed by atoms with van der Waals surface area (Å²) < 4.78 is 5.38. The molecule has 0 bridgehead atoms. The van der Waals surface area contributed by atoms with Gasteiger partial charge in [0.25, 0.3) is 0 Å². The summed E-state index contributed by atoms with van der Waals surface area (Å²) in [4.78, 5) is 11.1. The van der Waals surface area contributed by atoms with Crippen LogP contribution >= 0.6 is 12.6 Å². The second-order valence-electron chi connectivity index (χ2n) is 5.99. The first kappa shape index (κ1) is 16.9. The van der Waals surface area contributed by atoms with Crippen molar-refractivity contribution < 1.29 is 4.74 Å². The van der Waals surface area contributed by atoms with Gasteiger partial charge in [-0.2, -0.15) is 22.7 Å². The molecule has 1 saturated heterocycles.